The summed E-state index contributed by atoms with van der Waals surface area (Å²) in [5.41, 5.74) is 5.64. The summed E-state index contributed by atoms with van der Waals surface area (Å²) in [6.45, 7) is 2.24. The van der Waals surface area contributed by atoms with E-state index in [1.807, 2.05) is 0 Å². The molecule has 1 heterocycles. The number of para-hydroxylation sites is 1. The van der Waals surface area contributed by atoms with Crippen molar-refractivity contribution in [3.63, 3.8) is 0 Å². The molecular weight excluding hydrogens is 230 g/mol. The molecule has 0 amide bonds. The molecule has 19 heavy (non-hydrogen) atoms. The van der Waals surface area contributed by atoms with Crippen molar-refractivity contribution in [3.8, 4) is 0 Å². The van der Waals surface area contributed by atoms with Gasteiger partial charge in [-0.1, -0.05) is 55.8 Å². The highest BCUT2D eigenvalue weighted by Crippen LogP contribution is 2.32. The van der Waals surface area contributed by atoms with E-state index >= 15 is 0 Å². The number of rotatable bonds is 3. The van der Waals surface area contributed by atoms with Gasteiger partial charge in [0.05, 0.1) is 6.04 Å². The van der Waals surface area contributed by atoms with Gasteiger partial charge in [0, 0.05) is 5.69 Å². The lowest BCUT2D eigenvalue weighted by molar-refractivity contribution is 0.666. The third-order valence-corrected chi connectivity index (χ3v) is 3.94. The van der Waals surface area contributed by atoms with Crippen LogP contribution in [0, 0.1) is 0 Å². The minimum Gasteiger partial charge on any atom is -0.378 e. The largest absolute Gasteiger partial charge is 0.378 e. The van der Waals surface area contributed by atoms with E-state index < -0.39 is 0 Å². The second-order valence-electron chi connectivity index (χ2n) is 5.39. The Kier molecular flexibility index (Phi) is 3.54. The highest BCUT2D eigenvalue weighted by Gasteiger charge is 2.18. The lowest BCUT2D eigenvalue weighted by atomic mass is 9.92. The minimum atomic E-state index is 0.465. The summed E-state index contributed by atoms with van der Waals surface area (Å²) in [6, 6.07) is 18.2. The molecule has 2 aromatic carbocycles. The maximum atomic E-state index is 3.68. The first-order valence-corrected chi connectivity index (χ1v) is 7.30. The Morgan fingerprint density at radius 3 is 2.89 bits per heavy atom. The number of benzene rings is 2. The Bertz CT molecular complexity index is 559. The van der Waals surface area contributed by atoms with Crippen LogP contribution in [0.2, 0.25) is 0 Å². The molecule has 0 spiro atoms. The Morgan fingerprint density at radius 2 is 2.00 bits per heavy atom. The maximum Gasteiger partial charge on any atom is 0.0517 e. The first-order chi connectivity index (χ1) is 9.36. The Morgan fingerprint density at radius 1 is 1.11 bits per heavy atom. The van der Waals surface area contributed by atoms with Gasteiger partial charge in [0.2, 0.25) is 0 Å². The van der Waals surface area contributed by atoms with Gasteiger partial charge in [0.15, 0.2) is 0 Å². The van der Waals surface area contributed by atoms with Gasteiger partial charge in [-0.05, 0) is 42.0 Å². The average molecular weight is 251 g/mol. The fourth-order valence-corrected chi connectivity index (χ4v) is 2.94. The molecule has 1 atom stereocenters. The van der Waals surface area contributed by atoms with Crippen LogP contribution in [0.25, 0.3) is 0 Å². The summed E-state index contributed by atoms with van der Waals surface area (Å²) in [5.74, 6) is 0. The van der Waals surface area contributed by atoms with Crippen LogP contribution in [-0.4, -0.2) is 0 Å². The summed E-state index contributed by atoms with van der Waals surface area (Å²) in [4.78, 5) is 0. The summed E-state index contributed by atoms with van der Waals surface area (Å²) in [6.07, 6.45) is 4.75. The fourth-order valence-electron chi connectivity index (χ4n) is 2.94. The lowest BCUT2D eigenvalue weighted by Gasteiger charge is -2.27. The molecule has 2 aromatic rings. The summed E-state index contributed by atoms with van der Waals surface area (Å²) < 4.78 is 0. The third-order valence-electron chi connectivity index (χ3n) is 3.94. The van der Waals surface area contributed by atoms with E-state index in [1.165, 1.54) is 48.1 Å². The smallest absolute Gasteiger partial charge is 0.0517 e. The van der Waals surface area contributed by atoms with Crippen LogP contribution in [0.3, 0.4) is 0 Å². The van der Waals surface area contributed by atoms with Crippen LogP contribution in [0.5, 0.6) is 0 Å². The molecule has 0 bridgehead atoms. The molecule has 0 aromatic heterocycles. The number of hydrogen-bond donors (Lipinski definition) is 1. The number of anilines is 1. The molecule has 0 aliphatic carbocycles. The molecule has 0 saturated carbocycles. The number of hydrogen-bond acceptors (Lipinski definition) is 1. The molecule has 0 fully saturated rings. The Labute approximate surface area is 115 Å². The lowest BCUT2D eigenvalue weighted by Crippen LogP contribution is -2.18. The normalized spacial score (nSPS) is 17.6. The van der Waals surface area contributed by atoms with Crippen LogP contribution < -0.4 is 5.32 Å². The predicted octanol–water partition coefficient (Wildman–Crippen LogP) is 4.74. The van der Waals surface area contributed by atoms with Gasteiger partial charge < -0.3 is 5.32 Å². The van der Waals surface area contributed by atoms with Crippen LogP contribution in [0.15, 0.2) is 48.5 Å². The zero-order valence-electron chi connectivity index (χ0n) is 11.5. The molecule has 1 nitrogen and oxygen atoms in total. The summed E-state index contributed by atoms with van der Waals surface area (Å²) in [5, 5.41) is 3.68. The van der Waals surface area contributed by atoms with E-state index in [0.717, 1.165) is 0 Å². The van der Waals surface area contributed by atoms with Crippen molar-refractivity contribution in [2.45, 2.75) is 38.6 Å². The molecule has 1 N–H and O–H groups in total. The summed E-state index contributed by atoms with van der Waals surface area (Å²) >= 11 is 0. The van der Waals surface area contributed by atoms with Crippen LogP contribution in [0.4, 0.5) is 5.69 Å². The van der Waals surface area contributed by atoms with Crippen molar-refractivity contribution in [2.75, 3.05) is 5.32 Å². The van der Waals surface area contributed by atoms with E-state index in [4.69, 9.17) is 0 Å². The zero-order chi connectivity index (χ0) is 13.1. The van der Waals surface area contributed by atoms with Crippen molar-refractivity contribution >= 4 is 5.69 Å². The van der Waals surface area contributed by atoms with E-state index in [-0.39, 0.29) is 0 Å². The number of aryl methyl sites for hydroxylation is 2. The van der Waals surface area contributed by atoms with Gasteiger partial charge >= 0.3 is 0 Å². The number of nitrogens with one attached hydrogen (secondary N) is 1. The molecule has 1 aliphatic heterocycles. The van der Waals surface area contributed by atoms with Crippen molar-refractivity contribution in [1.82, 2.24) is 0 Å². The second-order valence-corrected chi connectivity index (χ2v) is 5.39. The highest BCUT2D eigenvalue weighted by molar-refractivity contribution is 5.55. The van der Waals surface area contributed by atoms with Gasteiger partial charge in [-0.25, -0.2) is 0 Å². The van der Waals surface area contributed by atoms with Gasteiger partial charge in [0.25, 0.3) is 0 Å². The van der Waals surface area contributed by atoms with Crippen molar-refractivity contribution in [3.05, 3.63) is 65.2 Å². The van der Waals surface area contributed by atoms with Gasteiger partial charge in [-0.15, -0.1) is 0 Å². The van der Waals surface area contributed by atoms with Crippen LogP contribution >= 0.6 is 0 Å². The topological polar surface area (TPSA) is 12.0 Å². The van der Waals surface area contributed by atoms with Gasteiger partial charge in [-0.3, -0.25) is 0 Å². The standard InChI is InChI=1S/C18H21N/c1-2-6-14-7-5-9-16(13-14)18-12-11-15-8-3-4-10-17(15)19-18/h3-5,7-10,13,18-19H,2,6,11-12H2,1H3. The quantitative estimate of drug-likeness (QED) is 0.831. The average Bonchev–Trinajstić information content (AvgIpc) is 2.47. The van der Waals surface area contributed by atoms with Gasteiger partial charge in [0.1, 0.15) is 0 Å². The predicted molar refractivity (Wildman–Crippen MR) is 81.6 cm³/mol. The molecule has 1 aliphatic rings. The molecule has 1 heteroatoms. The molecular formula is C18H21N. The maximum absolute atomic E-state index is 3.68. The number of fused-ring (bicyclic) bond motifs is 1. The van der Waals surface area contributed by atoms with Crippen LogP contribution in [-0.2, 0) is 12.8 Å². The Balaban J connectivity index is 1.82. The van der Waals surface area contributed by atoms with E-state index in [9.17, 15) is 0 Å². The van der Waals surface area contributed by atoms with Crippen molar-refractivity contribution in [2.24, 2.45) is 0 Å². The van der Waals surface area contributed by atoms with Crippen molar-refractivity contribution in [1.29, 1.82) is 0 Å². The third kappa shape index (κ3) is 2.65. The first kappa shape index (κ1) is 12.3. The van der Waals surface area contributed by atoms with E-state index in [0.29, 0.717) is 6.04 Å². The molecule has 3 rings (SSSR count). The SMILES string of the molecule is CCCc1cccc(C2CCc3ccccc3N2)c1. The minimum absolute atomic E-state index is 0.465. The molecule has 98 valence electrons. The molecule has 0 saturated heterocycles. The molecule has 0 radical (unpaired) electrons. The second kappa shape index (κ2) is 5.48. The van der Waals surface area contributed by atoms with E-state index in [2.05, 4.69) is 60.8 Å². The van der Waals surface area contributed by atoms with Crippen LogP contribution in [0.1, 0.15) is 42.5 Å². The van der Waals surface area contributed by atoms with Gasteiger partial charge in [-0.2, -0.15) is 0 Å². The zero-order valence-corrected chi connectivity index (χ0v) is 11.5. The summed E-state index contributed by atoms with van der Waals surface area (Å²) in [7, 11) is 0. The Hall–Kier alpha value is -1.76. The first-order valence-electron chi connectivity index (χ1n) is 7.30. The molecule has 1 unspecified atom stereocenters. The van der Waals surface area contributed by atoms with Crippen molar-refractivity contribution < 1.29 is 0 Å². The fraction of sp³-hybridized carbons (Fsp3) is 0.333. The van der Waals surface area contributed by atoms with E-state index in [1.54, 1.807) is 0 Å². The monoisotopic (exact) mass is 251 g/mol. The highest BCUT2D eigenvalue weighted by atomic mass is 14.9.